The van der Waals surface area contributed by atoms with Gasteiger partial charge in [-0.2, -0.15) is 0 Å². The van der Waals surface area contributed by atoms with E-state index in [0.717, 1.165) is 24.5 Å². The number of pyridine rings is 1. The van der Waals surface area contributed by atoms with Gasteiger partial charge in [-0.05, 0) is 38.9 Å². The van der Waals surface area contributed by atoms with Crippen LogP contribution in [0.4, 0.5) is 0 Å². The third kappa shape index (κ3) is 3.58. The fourth-order valence-corrected chi connectivity index (χ4v) is 1.81. The first kappa shape index (κ1) is 13.1. The molecule has 0 radical (unpaired) electrons. The van der Waals surface area contributed by atoms with Crippen LogP contribution in [-0.4, -0.2) is 24.7 Å². The van der Waals surface area contributed by atoms with Crippen molar-refractivity contribution in [1.82, 2.24) is 10.3 Å². The second kappa shape index (κ2) is 6.61. The molecule has 1 heterocycles. The van der Waals surface area contributed by atoms with Crippen LogP contribution in [0.3, 0.4) is 0 Å². The van der Waals surface area contributed by atoms with Crippen LogP contribution in [0.25, 0.3) is 0 Å². The molecule has 1 rings (SSSR count). The summed E-state index contributed by atoms with van der Waals surface area (Å²) in [4.78, 5) is 4.49. The van der Waals surface area contributed by atoms with Gasteiger partial charge in [-0.15, -0.1) is 0 Å². The second-order valence-electron chi connectivity index (χ2n) is 3.90. The van der Waals surface area contributed by atoms with E-state index in [9.17, 15) is 0 Å². The molecule has 90 valence electrons. The van der Waals surface area contributed by atoms with Gasteiger partial charge in [0.05, 0.1) is 12.6 Å². The summed E-state index contributed by atoms with van der Waals surface area (Å²) in [7, 11) is 0. The highest BCUT2D eigenvalue weighted by atomic mass is 16.5. The Kier molecular flexibility index (Phi) is 5.43. The molecular weight excluding hydrogens is 200 g/mol. The van der Waals surface area contributed by atoms with Crippen LogP contribution in [0.1, 0.15) is 36.8 Å². The number of nitrogens with one attached hydrogen (secondary N) is 1. The number of rotatable bonds is 6. The highest BCUT2D eigenvalue weighted by molar-refractivity contribution is 5.25. The molecule has 0 saturated heterocycles. The summed E-state index contributed by atoms with van der Waals surface area (Å²) in [6, 6.07) is 4.45. The summed E-state index contributed by atoms with van der Waals surface area (Å²) in [5, 5.41) is 3.43. The minimum atomic E-state index is 0.248. The standard InChI is InChI=1S/C13H22N2O/c1-5-14-13(9-16-6-2)12-8-7-10(3)15-11(12)4/h7-8,13-14H,5-6,9H2,1-4H3. The Morgan fingerprint density at radius 2 is 2.06 bits per heavy atom. The first-order chi connectivity index (χ1) is 7.69. The third-order valence-electron chi connectivity index (χ3n) is 2.58. The van der Waals surface area contributed by atoms with E-state index in [0.29, 0.717) is 6.61 Å². The minimum Gasteiger partial charge on any atom is -0.380 e. The molecular formula is C13H22N2O. The predicted octanol–water partition coefficient (Wildman–Crippen LogP) is 2.39. The highest BCUT2D eigenvalue weighted by Crippen LogP contribution is 2.17. The summed E-state index contributed by atoms with van der Waals surface area (Å²) in [6.45, 7) is 10.6. The topological polar surface area (TPSA) is 34.1 Å². The van der Waals surface area contributed by atoms with Gasteiger partial charge in [0.2, 0.25) is 0 Å². The van der Waals surface area contributed by atoms with Crippen LogP contribution in [0, 0.1) is 13.8 Å². The number of hydrogen-bond donors (Lipinski definition) is 1. The minimum absolute atomic E-state index is 0.248. The molecule has 3 heteroatoms. The lowest BCUT2D eigenvalue weighted by Gasteiger charge is -2.19. The summed E-state index contributed by atoms with van der Waals surface area (Å²) < 4.78 is 5.50. The van der Waals surface area contributed by atoms with Gasteiger partial charge in [-0.1, -0.05) is 13.0 Å². The fraction of sp³-hybridized carbons (Fsp3) is 0.615. The average molecular weight is 222 g/mol. The van der Waals surface area contributed by atoms with Crippen molar-refractivity contribution in [2.75, 3.05) is 19.8 Å². The number of aromatic nitrogens is 1. The maximum Gasteiger partial charge on any atom is 0.0662 e. The predicted molar refractivity (Wildman–Crippen MR) is 66.6 cm³/mol. The zero-order valence-electron chi connectivity index (χ0n) is 10.7. The van der Waals surface area contributed by atoms with Gasteiger partial charge in [0.25, 0.3) is 0 Å². The first-order valence-electron chi connectivity index (χ1n) is 5.94. The van der Waals surface area contributed by atoms with Crippen LogP contribution in [0.5, 0.6) is 0 Å². The Balaban J connectivity index is 2.82. The summed E-state index contributed by atoms with van der Waals surface area (Å²) in [6.07, 6.45) is 0. The Labute approximate surface area is 98.2 Å². The number of nitrogens with zero attached hydrogens (tertiary/aromatic N) is 1. The van der Waals surface area contributed by atoms with Gasteiger partial charge in [0, 0.05) is 18.0 Å². The van der Waals surface area contributed by atoms with Gasteiger partial charge >= 0.3 is 0 Å². The van der Waals surface area contributed by atoms with Crippen molar-refractivity contribution in [3.63, 3.8) is 0 Å². The molecule has 3 nitrogen and oxygen atoms in total. The molecule has 1 N–H and O–H groups in total. The number of ether oxygens (including phenoxy) is 1. The Morgan fingerprint density at radius 3 is 2.62 bits per heavy atom. The molecule has 0 saturated carbocycles. The summed E-state index contributed by atoms with van der Waals surface area (Å²) in [5.74, 6) is 0. The smallest absolute Gasteiger partial charge is 0.0662 e. The van der Waals surface area contributed by atoms with Gasteiger partial charge in [-0.3, -0.25) is 4.98 Å². The first-order valence-corrected chi connectivity index (χ1v) is 5.94. The molecule has 0 aliphatic heterocycles. The third-order valence-corrected chi connectivity index (χ3v) is 2.58. The van der Waals surface area contributed by atoms with Crippen LogP contribution in [-0.2, 0) is 4.74 Å². The molecule has 16 heavy (non-hydrogen) atoms. The molecule has 1 aromatic rings. The highest BCUT2D eigenvalue weighted by Gasteiger charge is 2.13. The number of hydrogen-bond acceptors (Lipinski definition) is 3. The van der Waals surface area contributed by atoms with Gasteiger partial charge < -0.3 is 10.1 Å². The molecule has 0 spiro atoms. The van der Waals surface area contributed by atoms with Crippen molar-refractivity contribution in [2.45, 2.75) is 33.7 Å². The van der Waals surface area contributed by atoms with E-state index in [2.05, 4.69) is 36.3 Å². The van der Waals surface area contributed by atoms with Crippen LogP contribution >= 0.6 is 0 Å². The summed E-state index contributed by atoms with van der Waals surface area (Å²) in [5.41, 5.74) is 3.39. The zero-order valence-corrected chi connectivity index (χ0v) is 10.7. The van der Waals surface area contributed by atoms with Crippen molar-refractivity contribution in [2.24, 2.45) is 0 Å². The Hall–Kier alpha value is -0.930. The van der Waals surface area contributed by atoms with E-state index < -0.39 is 0 Å². The molecule has 1 atom stereocenters. The molecule has 0 amide bonds. The molecule has 1 unspecified atom stereocenters. The van der Waals surface area contributed by atoms with Gasteiger partial charge in [0.1, 0.15) is 0 Å². The van der Waals surface area contributed by atoms with Crippen molar-refractivity contribution < 1.29 is 4.74 Å². The Morgan fingerprint density at radius 1 is 1.31 bits per heavy atom. The average Bonchev–Trinajstić information content (AvgIpc) is 2.25. The molecule has 0 aliphatic carbocycles. The molecule has 1 aromatic heterocycles. The molecule has 0 fully saturated rings. The van der Waals surface area contributed by atoms with E-state index in [4.69, 9.17) is 4.74 Å². The zero-order chi connectivity index (χ0) is 12.0. The molecule has 0 aliphatic rings. The second-order valence-corrected chi connectivity index (χ2v) is 3.90. The van der Waals surface area contributed by atoms with E-state index in [1.807, 2.05) is 13.8 Å². The van der Waals surface area contributed by atoms with Crippen LogP contribution < -0.4 is 5.32 Å². The largest absolute Gasteiger partial charge is 0.380 e. The van der Waals surface area contributed by atoms with Crippen LogP contribution in [0.2, 0.25) is 0 Å². The maximum atomic E-state index is 5.50. The molecule has 0 aromatic carbocycles. The van der Waals surface area contributed by atoms with Crippen molar-refractivity contribution in [3.8, 4) is 0 Å². The Bertz CT molecular complexity index is 326. The fourth-order valence-electron chi connectivity index (χ4n) is 1.81. The number of aryl methyl sites for hydroxylation is 2. The molecule has 0 bridgehead atoms. The van der Waals surface area contributed by atoms with E-state index in [-0.39, 0.29) is 6.04 Å². The van der Waals surface area contributed by atoms with Crippen molar-refractivity contribution in [3.05, 3.63) is 29.1 Å². The quantitative estimate of drug-likeness (QED) is 0.802. The lowest BCUT2D eigenvalue weighted by Crippen LogP contribution is -2.26. The van der Waals surface area contributed by atoms with Crippen molar-refractivity contribution >= 4 is 0 Å². The normalized spacial score (nSPS) is 12.8. The van der Waals surface area contributed by atoms with Crippen LogP contribution in [0.15, 0.2) is 12.1 Å². The SMILES string of the molecule is CCNC(COCC)c1ccc(C)nc1C. The lowest BCUT2D eigenvalue weighted by atomic mass is 10.1. The van der Waals surface area contributed by atoms with Gasteiger partial charge in [0.15, 0.2) is 0 Å². The maximum absolute atomic E-state index is 5.50. The van der Waals surface area contributed by atoms with E-state index in [1.165, 1.54) is 5.56 Å². The monoisotopic (exact) mass is 222 g/mol. The van der Waals surface area contributed by atoms with E-state index >= 15 is 0 Å². The van der Waals surface area contributed by atoms with E-state index in [1.54, 1.807) is 0 Å². The van der Waals surface area contributed by atoms with Gasteiger partial charge in [-0.25, -0.2) is 0 Å². The van der Waals surface area contributed by atoms with Crippen molar-refractivity contribution in [1.29, 1.82) is 0 Å². The lowest BCUT2D eigenvalue weighted by molar-refractivity contribution is 0.123. The summed E-state index contributed by atoms with van der Waals surface area (Å²) >= 11 is 0. The number of likely N-dealkylation sites (N-methyl/N-ethyl adjacent to an activating group) is 1.